The van der Waals surface area contributed by atoms with E-state index in [9.17, 15) is 14.9 Å². The number of nitrogens with zero attached hydrogens (tertiary/aromatic N) is 2. The first-order chi connectivity index (χ1) is 7.04. The summed E-state index contributed by atoms with van der Waals surface area (Å²) in [5.41, 5.74) is -0.452. The third kappa shape index (κ3) is 2.51. The summed E-state index contributed by atoms with van der Waals surface area (Å²) in [7, 11) is 0. The van der Waals surface area contributed by atoms with Crippen molar-refractivity contribution in [3.05, 3.63) is 33.9 Å². The molecule has 0 amide bonds. The molecule has 0 aliphatic carbocycles. The van der Waals surface area contributed by atoms with Gasteiger partial charge >= 0.3 is 5.97 Å². The number of nitro groups is 1. The SMILES string of the molecule is CC(=O)Oc1ccc([N+](=O)[O-])c(C#N)c1. The largest absolute Gasteiger partial charge is 0.427 e. The van der Waals surface area contributed by atoms with E-state index in [0.717, 1.165) is 12.1 Å². The van der Waals surface area contributed by atoms with Gasteiger partial charge in [0, 0.05) is 19.1 Å². The van der Waals surface area contributed by atoms with Crippen molar-refractivity contribution in [2.75, 3.05) is 0 Å². The molecule has 0 saturated heterocycles. The minimum Gasteiger partial charge on any atom is -0.427 e. The summed E-state index contributed by atoms with van der Waals surface area (Å²) in [5, 5.41) is 19.1. The first-order valence-electron chi connectivity index (χ1n) is 3.91. The van der Waals surface area contributed by atoms with Gasteiger partial charge in [-0.05, 0) is 6.07 Å². The molecular weight excluding hydrogens is 200 g/mol. The van der Waals surface area contributed by atoms with E-state index in [1.54, 1.807) is 6.07 Å². The zero-order chi connectivity index (χ0) is 11.4. The number of carbonyl (C=O) groups is 1. The Bertz CT molecular complexity index is 462. The molecule has 0 fully saturated rings. The fourth-order valence-corrected chi connectivity index (χ4v) is 0.993. The van der Waals surface area contributed by atoms with Gasteiger partial charge in [0.05, 0.1) is 4.92 Å². The highest BCUT2D eigenvalue weighted by Crippen LogP contribution is 2.23. The topological polar surface area (TPSA) is 93.2 Å². The fourth-order valence-electron chi connectivity index (χ4n) is 0.993. The quantitative estimate of drug-likeness (QED) is 0.315. The van der Waals surface area contributed by atoms with Crippen molar-refractivity contribution in [1.29, 1.82) is 5.26 Å². The summed E-state index contributed by atoms with van der Waals surface area (Å²) in [5.74, 6) is -0.433. The molecule has 0 heterocycles. The summed E-state index contributed by atoms with van der Waals surface area (Å²) < 4.78 is 4.68. The lowest BCUT2D eigenvalue weighted by Gasteiger charge is -2.01. The van der Waals surface area contributed by atoms with Crippen molar-refractivity contribution >= 4 is 11.7 Å². The normalized spacial score (nSPS) is 9.07. The molecule has 0 N–H and O–H groups in total. The molecule has 15 heavy (non-hydrogen) atoms. The zero-order valence-electron chi connectivity index (χ0n) is 7.76. The van der Waals surface area contributed by atoms with E-state index in [4.69, 9.17) is 5.26 Å². The van der Waals surface area contributed by atoms with Gasteiger partial charge < -0.3 is 4.74 Å². The Labute approximate surface area is 84.8 Å². The highest BCUT2D eigenvalue weighted by molar-refractivity contribution is 5.69. The number of nitriles is 1. The van der Waals surface area contributed by atoms with E-state index >= 15 is 0 Å². The predicted octanol–water partition coefficient (Wildman–Crippen LogP) is 1.39. The molecule has 6 nitrogen and oxygen atoms in total. The molecule has 1 aromatic rings. The van der Waals surface area contributed by atoms with Crippen LogP contribution in [0, 0.1) is 21.4 Å². The van der Waals surface area contributed by atoms with Crippen LogP contribution in [0.5, 0.6) is 5.75 Å². The molecule has 0 saturated carbocycles. The lowest BCUT2D eigenvalue weighted by molar-refractivity contribution is -0.385. The Kier molecular flexibility index (Phi) is 2.98. The Balaban J connectivity index is 3.15. The summed E-state index contributed by atoms with van der Waals surface area (Å²) >= 11 is 0. The summed E-state index contributed by atoms with van der Waals surface area (Å²) in [6.45, 7) is 1.20. The molecule has 0 radical (unpaired) electrons. The van der Waals surface area contributed by atoms with E-state index in [1.807, 2.05) is 0 Å². The number of nitro benzene ring substituents is 1. The summed E-state index contributed by atoms with van der Waals surface area (Å²) in [6.07, 6.45) is 0. The Morgan fingerprint density at radius 2 is 2.27 bits per heavy atom. The number of benzene rings is 1. The average molecular weight is 206 g/mol. The van der Waals surface area contributed by atoms with Crippen LogP contribution >= 0.6 is 0 Å². The van der Waals surface area contributed by atoms with Crippen LogP contribution in [0.4, 0.5) is 5.69 Å². The molecule has 76 valence electrons. The van der Waals surface area contributed by atoms with Gasteiger partial charge in [0.2, 0.25) is 0 Å². The number of esters is 1. The monoisotopic (exact) mass is 206 g/mol. The second-order valence-electron chi connectivity index (χ2n) is 2.64. The summed E-state index contributed by atoms with van der Waals surface area (Å²) in [6, 6.07) is 5.20. The van der Waals surface area contributed by atoms with Crippen LogP contribution in [0.2, 0.25) is 0 Å². The second kappa shape index (κ2) is 4.19. The molecule has 1 rings (SSSR count). The van der Waals surface area contributed by atoms with Crippen LogP contribution in [0.15, 0.2) is 18.2 Å². The van der Waals surface area contributed by atoms with Crippen molar-refractivity contribution < 1.29 is 14.5 Å². The van der Waals surface area contributed by atoms with Crippen molar-refractivity contribution in [3.8, 4) is 11.8 Å². The number of hydrogen-bond donors (Lipinski definition) is 0. The lowest BCUT2D eigenvalue weighted by atomic mass is 10.2. The number of hydrogen-bond acceptors (Lipinski definition) is 5. The number of carbonyl (C=O) groups excluding carboxylic acids is 1. The Morgan fingerprint density at radius 1 is 1.60 bits per heavy atom. The standard InChI is InChI=1S/C9H6N2O4/c1-6(12)15-8-2-3-9(11(13)14)7(4-8)5-10/h2-4H,1H3. The molecule has 1 aromatic carbocycles. The number of rotatable bonds is 2. The predicted molar refractivity (Wildman–Crippen MR) is 49.1 cm³/mol. The molecule has 0 atom stereocenters. The highest BCUT2D eigenvalue weighted by atomic mass is 16.6. The van der Waals surface area contributed by atoms with Crippen molar-refractivity contribution in [3.63, 3.8) is 0 Å². The van der Waals surface area contributed by atoms with Gasteiger partial charge in [-0.15, -0.1) is 0 Å². The maximum absolute atomic E-state index is 10.6. The maximum Gasteiger partial charge on any atom is 0.308 e. The molecule has 0 aromatic heterocycles. The molecule has 0 bridgehead atoms. The van der Waals surface area contributed by atoms with E-state index in [0.29, 0.717) is 0 Å². The molecule has 0 spiro atoms. The van der Waals surface area contributed by atoms with Gasteiger partial charge in [-0.2, -0.15) is 5.26 Å². The molecular formula is C9H6N2O4. The number of ether oxygens (including phenoxy) is 1. The summed E-state index contributed by atoms with van der Waals surface area (Å²) in [4.78, 5) is 20.4. The lowest BCUT2D eigenvalue weighted by Crippen LogP contribution is -2.02. The van der Waals surface area contributed by atoms with Crippen LogP contribution in [0.3, 0.4) is 0 Å². The first-order valence-corrected chi connectivity index (χ1v) is 3.91. The van der Waals surface area contributed by atoms with Gasteiger partial charge in [-0.1, -0.05) is 0 Å². The van der Waals surface area contributed by atoms with Crippen LogP contribution in [0.25, 0.3) is 0 Å². The van der Waals surface area contributed by atoms with Crippen molar-refractivity contribution in [2.24, 2.45) is 0 Å². The second-order valence-corrected chi connectivity index (χ2v) is 2.64. The van der Waals surface area contributed by atoms with E-state index < -0.39 is 10.9 Å². The van der Waals surface area contributed by atoms with Crippen molar-refractivity contribution in [2.45, 2.75) is 6.92 Å². The fraction of sp³-hybridized carbons (Fsp3) is 0.111. The van der Waals surface area contributed by atoms with Gasteiger partial charge in [0.15, 0.2) is 0 Å². The van der Waals surface area contributed by atoms with Gasteiger partial charge in [-0.3, -0.25) is 14.9 Å². The Morgan fingerprint density at radius 3 is 2.73 bits per heavy atom. The van der Waals surface area contributed by atoms with Gasteiger partial charge in [-0.25, -0.2) is 0 Å². The molecule has 0 aliphatic rings. The van der Waals surface area contributed by atoms with Crippen LogP contribution in [-0.2, 0) is 4.79 Å². The van der Waals surface area contributed by atoms with Crippen LogP contribution in [0.1, 0.15) is 12.5 Å². The van der Waals surface area contributed by atoms with E-state index in [-0.39, 0.29) is 17.0 Å². The third-order valence-electron chi connectivity index (χ3n) is 1.55. The first kappa shape index (κ1) is 10.7. The minimum atomic E-state index is -0.671. The third-order valence-corrected chi connectivity index (χ3v) is 1.55. The minimum absolute atomic E-state index is 0.115. The van der Waals surface area contributed by atoms with Gasteiger partial charge in [0.1, 0.15) is 17.4 Å². The average Bonchev–Trinajstić information content (AvgIpc) is 2.16. The highest BCUT2D eigenvalue weighted by Gasteiger charge is 2.14. The smallest absolute Gasteiger partial charge is 0.308 e. The van der Waals surface area contributed by atoms with Crippen LogP contribution in [-0.4, -0.2) is 10.9 Å². The van der Waals surface area contributed by atoms with E-state index in [1.165, 1.54) is 13.0 Å². The van der Waals surface area contributed by atoms with E-state index in [2.05, 4.69) is 4.74 Å². The maximum atomic E-state index is 10.6. The van der Waals surface area contributed by atoms with Gasteiger partial charge in [0.25, 0.3) is 5.69 Å². The molecule has 0 aliphatic heterocycles. The molecule has 6 heteroatoms. The zero-order valence-corrected chi connectivity index (χ0v) is 7.76. The van der Waals surface area contributed by atoms with Crippen molar-refractivity contribution in [1.82, 2.24) is 0 Å². The molecule has 0 unspecified atom stereocenters. The Hall–Kier alpha value is -2.42. The van der Waals surface area contributed by atoms with Crippen LogP contribution < -0.4 is 4.74 Å².